The molecule has 0 unspecified atom stereocenters. The zero-order chi connectivity index (χ0) is 21.1. The number of rotatable bonds is 5. The average Bonchev–Trinajstić information content (AvgIpc) is 3.17. The van der Waals surface area contributed by atoms with Gasteiger partial charge in [-0.15, -0.1) is 0 Å². The third-order valence-electron chi connectivity index (χ3n) is 5.29. The van der Waals surface area contributed by atoms with Crippen LogP contribution in [-0.4, -0.2) is 45.3 Å². The minimum Gasteiger partial charge on any atom is -0.489 e. The fourth-order valence-corrected chi connectivity index (χ4v) is 3.80. The molecule has 0 aliphatic carbocycles. The lowest BCUT2D eigenvalue weighted by atomic mass is 10.1. The molecule has 0 spiro atoms. The van der Waals surface area contributed by atoms with Crippen molar-refractivity contribution in [2.24, 2.45) is 0 Å². The van der Waals surface area contributed by atoms with Crippen molar-refractivity contribution in [3.63, 3.8) is 0 Å². The number of pyridine rings is 1. The largest absolute Gasteiger partial charge is 0.489 e. The molecule has 7 nitrogen and oxygen atoms in total. The van der Waals surface area contributed by atoms with Crippen LogP contribution in [0.25, 0.3) is 5.65 Å². The number of halogens is 1. The van der Waals surface area contributed by atoms with Gasteiger partial charge in [0.15, 0.2) is 0 Å². The Morgan fingerprint density at radius 3 is 2.80 bits per heavy atom. The van der Waals surface area contributed by atoms with E-state index in [1.807, 2.05) is 33.7 Å². The second kappa shape index (κ2) is 8.75. The first kappa shape index (κ1) is 20.2. The maximum atomic E-state index is 12.9. The van der Waals surface area contributed by atoms with Crippen LogP contribution < -0.4 is 10.1 Å². The fraction of sp³-hybridized carbons (Fsp3) is 0.318. The zero-order valence-electron chi connectivity index (χ0n) is 16.7. The van der Waals surface area contributed by atoms with Crippen molar-refractivity contribution >= 4 is 29.1 Å². The lowest BCUT2D eigenvalue weighted by Crippen LogP contribution is -2.40. The Balaban J connectivity index is 1.45. The molecule has 2 amide bonds. The Labute approximate surface area is 179 Å². The van der Waals surface area contributed by atoms with Gasteiger partial charge in [0.1, 0.15) is 17.5 Å². The highest BCUT2D eigenvalue weighted by molar-refractivity contribution is 6.31. The highest BCUT2D eigenvalue weighted by Crippen LogP contribution is 2.26. The van der Waals surface area contributed by atoms with E-state index in [0.717, 1.165) is 24.2 Å². The molecule has 1 saturated heterocycles. The summed E-state index contributed by atoms with van der Waals surface area (Å²) in [6, 6.07) is 10.8. The van der Waals surface area contributed by atoms with Crippen LogP contribution in [0.5, 0.6) is 5.75 Å². The lowest BCUT2D eigenvalue weighted by Gasteiger charge is -2.31. The normalized spacial score (nSPS) is 14.7. The van der Waals surface area contributed by atoms with E-state index in [2.05, 4.69) is 10.3 Å². The topological polar surface area (TPSA) is 75.9 Å². The standard InChI is InChI=1S/C22H23ClN4O3/c1-15(28)26-10-7-18(8-11-26)30-20-6-5-16(23)12-19(20)22(29)25-14-17-13-24-21-4-2-3-9-27(17)21/h2-6,9,12-13,18H,7-8,10-11,14H2,1H3,(H,25,29). The van der Waals surface area contributed by atoms with Crippen LogP contribution in [0, 0.1) is 0 Å². The summed E-state index contributed by atoms with van der Waals surface area (Å²) < 4.78 is 8.05. The van der Waals surface area contributed by atoms with Gasteiger partial charge in [-0.1, -0.05) is 17.7 Å². The first-order valence-corrected chi connectivity index (χ1v) is 10.3. The van der Waals surface area contributed by atoms with Gasteiger partial charge in [-0.05, 0) is 30.3 Å². The lowest BCUT2D eigenvalue weighted by molar-refractivity contribution is -0.130. The van der Waals surface area contributed by atoms with Gasteiger partial charge in [0.25, 0.3) is 5.91 Å². The van der Waals surface area contributed by atoms with Crippen molar-refractivity contribution in [3.05, 3.63) is 65.1 Å². The molecule has 1 aliphatic heterocycles. The molecule has 156 valence electrons. The summed E-state index contributed by atoms with van der Waals surface area (Å²) in [4.78, 5) is 30.6. The number of carbonyl (C=O) groups is 2. The third kappa shape index (κ3) is 4.41. The molecule has 0 atom stereocenters. The van der Waals surface area contributed by atoms with Gasteiger partial charge in [-0.3, -0.25) is 9.59 Å². The van der Waals surface area contributed by atoms with E-state index in [9.17, 15) is 9.59 Å². The Bertz CT molecular complexity index is 1070. The number of hydrogen-bond acceptors (Lipinski definition) is 4. The number of aromatic nitrogens is 2. The highest BCUT2D eigenvalue weighted by atomic mass is 35.5. The zero-order valence-corrected chi connectivity index (χ0v) is 17.4. The van der Waals surface area contributed by atoms with Gasteiger partial charge in [0.05, 0.1) is 24.0 Å². The average molecular weight is 427 g/mol. The van der Waals surface area contributed by atoms with Crippen LogP contribution in [0.4, 0.5) is 0 Å². The van der Waals surface area contributed by atoms with Crippen molar-refractivity contribution in [1.82, 2.24) is 19.6 Å². The monoisotopic (exact) mass is 426 g/mol. The minimum atomic E-state index is -0.264. The maximum Gasteiger partial charge on any atom is 0.255 e. The maximum absolute atomic E-state index is 12.9. The molecule has 0 radical (unpaired) electrons. The number of nitrogens with one attached hydrogen (secondary N) is 1. The smallest absolute Gasteiger partial charge is 0.255 e. The molecule has 4 rings (SSSR count). The van der Waals surface area contributed by atoms with E-state index in [1.165, 1.54) is 0 Å². The summed E-state index contributed by atoms with van der Waals surface area (Å²) in [6.45, 7) is 3.21. The Kier molecular flexibility index (Phi) is 5.90. The highest BCUT2D eigenvalue weighted by Gasteiger charge is 2.24. The molecule has 3 aromatic rings. The Morgan fingerprint density at radius 1 is 1.23 bits per heavy atom. The quantitative estimate of drug-likeness (QED) is 0.679. The number of piperidine rings is 1. The van der Waals surface area contributed by atoms with Gasteiger partial charge in [-0.2, -0.15) is 0 Å². The summed E-state index contributed by atoms with van der Waals surface area (Å²) in [6.07, 6.45) is 5.06. The van der Waals surface area contributed by atoms with Crippen molar-refractivity contribution in [1.29, 1.82) is 0 Å². The van der Waals surface area contributed by atoms with Crippen LogP contribution in [-0.2, 0) is 11.3 Å². The van der Waals surface area contributed by atoms with Crippen LogP contribution in [0.2, 0.25) is 5.02 Å². The molecule has 30 heavy (non-hydrogen) atoms. The number of amides is 2. The molecular formula is C22H23ClN4O3. The van der Waals surface area contributed by atoms with Crippen molar-refractivity contribution in [2.45, 2.75) is 32.4 Å². The molecule has 0 saturated carbocycles. The van der Waals surface area contributed by atoms with Crippen molar-refractivity contribution in [3.8, 4) is 5.75 Å². The van der Waals surface area contributed by atoms with Crippen LogP contribution in [0.1, 0.15) is 35.8 Å². The van der Waals surface area contributed by atoms with Gasteiger partial charge in [-0.25, -0.2) is 4.98 Å². The molecule has 1 aliphatic rings. The van der Waals surface area contributed by atoms with Crippen LogP contribution in [0.15, 0.2) is 48.8 Å². The predicted molar refractivity (Wildman–Crippen MR) is 114 cm³/mol. The number of carbonyl (C=O) groups excluding carboxylic acids is 2. The van der Waals surface area contributed by atoms with Crippen molar-refractivity contribution in [2.75, 3.05) is 13.1 Å². The van der Waals surface area contributed by atoms with E-state index in [4.69, 9.17) is 16.3 Å². The third-order valence-corrected chi connectivity index (χ3v) is 5.53. The minimum absolute atomic E-state index is 0.0490. The Hall–Kier alpha value is -3.06. The molecule has 1 N–H and O–H groups in total. The molecular weight excluding hydrogens is 404 g/mol. The number of hydrogen-bond donors (Lipinski definition) is 1. The number of nitrogens with zero attached hydrogens (tertiary/aromatic N) is 3. The molecule has 1 aromatic carbocycles. The van der Waals surface area contributed by atoms with Gasteiger partial charge >= 0.3 is 0 Å². The second-order valence-electron chi connectivity index (χ2n) is 7.32. The number of imidazole rings is 1. The molecule has 0 bridgehead atoms. The van der Waals surface area contributed by atoms with Crippen molar-refractivity contribution < 1.29 is 14.3 Å². The predicted octanol–water partition coefficient (Wildman–Crippen LogP) is 3.31. The molecule has 3 heterocycles. The summed E-state index contributed by atoms with van der Waals surface area (Å²) in [7, 11) is 0. The van der Waals surface area contributed by atoms with Gasteiger partial charge < -0.3 is 19.4 Å². The number of likely N-dealkylation sites (tertiary alicyclic amines) is 1. The van der Waals surface area contributed by atoms with E-state index in [1.54, 1.807) is 31.3 Å². The number of ether oxygens (including phenoxy) is 1. The van der Waals surface area contributed by atoms with E-state index in [-0.39, 0.29) is 17.9 Å². The summed E-state index contributed by atoms with van der Waals surface area (Å²) in [5.41, 5.74) is 2.09. The second-order valence-corrected chi connectivity index (χ2v) is 7.76. The summed E-state index contributed by atoms with van der Waals surface area (Å²) >= 11 is 6.14. The molecule has 1 fully saturated rings. The van der Waals surface area contributed by atoms with Crippen LogP contribution >= 0.6 is 11.6 Å². The number of benzene rings is 1. The van der Waals surface area contributed by atoms with E-state index in [0.29, 0.717) is 36.0 Å². The first-order chi connectivity index (χ1) is 14.5. The van der Waals surface area contributed by atoms with E-state index < -0.39 is 0 Å². The van der Waals surface area contributed by atoms with E-state index >= 15 is 0 Å². The SMILES string of the molecule is CC(=O)N1CCC(Oc2ccc(Cl)cc2C(=O)NCc2cnc3ccccn23)CC1. The fourth-order valence-electron chi connectivity index (χ4n) is 3.63. The van der Waals surface area contributed by atoms with Gasteiger partial charge in [0.2, 0.25) is 5.91 Å². The summed E-state index contributed by atoms with van der Waals surface area (Å²) in [5.74, 6) is 0.309. The Morgan fingerprint density at radius 2 is 2.03 bits per heavy atom. The number of fused-ring (bicyclic) bond motifs is 1. The molecule has 2 aromatic heterocycles. The first-order valence-electron chi connectivity index (χ1n) is 9.92. The van der Waals surface area contributed by atoms with Gasteiger partial charge in [0, 0.05) is 44.1 Å². The summed E-state index contributed by atoms with van der Waals surface area (Å²) in [5, 5.41) is 3.40. The molecule has 8 heteroatoms. The van der Waals surface area contributed by atoms with Crippen LogP contribution in [0.3, 0.4) is 0 Å².